The zero-order valence-corrected chi connectivity index (χ0v) is 14.6. The fourth-order valence-corrected chi connectivity index (χ4v) is 3.52. The Hall–Kier alpha value is -2.24. The van der Waals surface area contributed by atoms with Gasteiger partial charge in [0.1, 0.15) is 5.21 Å². The molecule has 3 rings (SSSR count). The highest BCUT2D eigenvalue weighted by Gasteiger charge is 2.14. The van der Waals surface area contributed by atoms with E-state index in [1.165, 1.54) is 0 Å². The van der Waals surface area contributed by atoms with E-state index in [2.05, 4.69) is 9.97 Å². The average Bonchev–Trinajstić information content (AvgIpc) is 2.63. The second kappa shape index (κ2) is 6.71. The molecular weight excluding hydrogens is 344 g/mol. The number of hydrogen-bond acceptors (Lipinski definition) is 4. The Morgan fingerprint density at radius 2 is 1.83 bits per heavy atom. The summed E-state index contributed by atoms with van der Waals surface area (Å²) in [7, 11) is -3.47. The zero-order valence-electron chi connectivity index (χ0n) is 13.0. The summed E-state index contributed by atoms with van der Waals surface area (Å²) in [4.78, 5) is 8.96. The van der Waals surface area contributed by atoms with Gasteiger partial charge < -0.3 is 0 Å². The third-order valence-corrected chi connectivity index (χ3v) is 5.82. The molecule has 0 spiro atoms. The molecule has 0 saturated heterocycles. The third-order valence-electron chi connectivity index (χ3n) is 3.70. The number of rotatable bonds is 4. The normalized spacial score (nSPS) is 11.4. The highest BCUT2D eigenvalue weighted by atomic mass is 35.5. The largest absolute Gasteiger partial charge is 0.260 e. The summed E-state index contributed by atoms with van der Waals surface area (Å²) in [5, 5.41) is -0.443. The number of alkyl halides is 1. The molecule has 0 radical (unpaired) electrons. The second-order valence-electron chi connectivity index (χ2n) is 5.32. The Kier molecular flexibility index (Phi) is 4.64. The maximum Gasteiger partial charge on any atom is 0.192 e. The molecule has 0 aliphatic heterocycles. The first kappa shape index (κ1) is 16.6. The third kappa shape index (κ3) is 3.32. The van der Waals surface area contributed by atoms with Crippen LogP contribution in [0.2, 0.25) is 0 Å². The minimum absolute atomic E-state index is 0.206. The Morgan fingerprint density at radius 3 is 2.54 bits per heavy atom. The number of pyridine rings is 2. The van der Waals surface area contributed by atoms with E-state index in [9.17, 15) is 8.42 Å². The summed E-state index contributed by atoms with van der Waals surface area (Å²) < 4.78 is 24.0. The van der Waals surface area contributed by atoms with E-state index in [1.807, 2.05) is 37.3 Å². The fraction of sp³-hybridized carbons (Fsp3) is 0.111. The number of nitrogens with zero attached hydrogens (tertiary/aromatic N) is 2. The van der Waals surface area contributed by atoms with E-state index < -0.39 is 15.0 Å². The van der Waals surface area contributed by atoms with Crippen LogP contribution >= 0.6 is 11.6 Å². The van der Waals surface area contributed by atoms with Gasteiger partial charge in [-0.15, -0.1) is 11.6 Å². The van der Waals surface area contributed by atoms with Crippen molar-refractivity contribution in [2.75, 3.05) is 5.21 Å². The predicted molar refractivity (Wildman–Crippen MR) is 95.5 cm³/mol. The molecule has 2 heterocycles. The van der Waals surface area contributed by atoms with Gasteiger partial charge in [-0.05, 0) is 42.8 Å². The highest BCUT2D eigenvalue weighted by molar-refractivity contribution is 7.92. The Labute approximate surface area is 146 Å². The molecule has 0 bridgehead atoms. The highest BCUT2D eigenvalue weighted by Crippen LogP contribution is 2.28. The van der Waals surface area contributed by atoms with Crippen LogP contribution in [0.15, 0.2) is 65.8 Å². The van der Waals surface area contributed by atoms with E-state index in [0.717, 1.165) is 28.1 Å². The molecule has 24 heavy (non-hydrogen) atoms. The summed E-state index contributed by atoms with van der Waals surface area (Å²) in [6, 6.07) is 14.4. The van der Waals surface area contributed by atoms with Crippen molar-refractivity contribution in [3.8, 4) is 22.4 Å². The molecule has 2 aromatic heterocycles. The van der Waals surface area contributed by atoms with Crippen molar-refractivity contribution in [2.24, 2.45) is 0 Å². The van der Waals surface area contributed by atoms with Gasteiger partial charge in [-0.1, -0.05) is 18.2 Å². The SMILES string of the molecule is Cc1ncc(-c2ccccn2)cc1-c1cccc(S(=O)(=O)CCl)c1. The lowest BCUT2D eigenvalue weighted by atomic mass is 10.0. The van der Waals surface area contributed by atoms with Crippen LogP contribution in [0.25, 0.3) is 22.4 Å². The Bertz CT molecular complexity index is 973. The average molecular weight is 359 g/mol. The molecule has 0 aliphatic carbocycles. The van der Waals surface area contributed by atoms with Crippen LogP contribution < -0.4 is 0 Å². The van der Waals surface area contributed by atoms with Gasteiger partial charge in [-0.2, -0.15) is 0 Å². The molecule has 0 aliphatic rings. The Morgan fingerprint density at radius 1 is 1.00 bits per heavy atom. The van der Waals surface area contributed by atoms with Gasteiger partial charge in [-0.3, -0.25) is 9.97 Å². The van der Waals surface area contributed by atoms with Gasteiger partial charge in [0.05, 0.1) is 10.6 Å². The number of hydrogen-bond donors (Lipinski definition) is 0. The molecule has 0 saturated carbocycles. The van der Waals surface area contributed by atoms with Crippen LogP contribution in [-0.4, -0.2) is 23.6 Å². The summed E-state index contributed by atoms with van der Waals surface area (Å²) in [6.45, 7) is 1.89. The quantitative estimate of drug-likeness (QED) is 0.659. The lowest BCUT2D eigenvalue weighted by Gasteiger charge is -2.10. The lowest BCUT2D eigenvalue weighted by molar-refractivity contribution is 0.600. The smallest absolute Gasteiger partial charge is 0.192 e. The maximum absolute atomic E-state index is 12.0. The first-order valence-electron chi connectivity index (χ1n) is 7.28. The van der Waals surface area contributed by atoms with Crippen LogP contribution in [0.3, 0.4) is 0 Å². The van der Waals surface area contributed by atoms with Crippen molar-refractivity contribution >= 4 is 21.4 Å². The zero-order chi connectivity index (χ0) is 17.2. The second-order valence-corrected chi connectivity index (χ2v) is 7.90. The van der Waals surface area contributed by atoms with E-state index >= 15 is 0 Å². The molecule has 3 aromatic rings. The van der Waals surface area contributed by atoms with E-state index in [1.54, 1.807) is 30.6 Å². The van der Waals surface area contributed by atoms with Crippen LogP contribution in [0.4, 0.5) is 0 Å². The minimum Gasteiger partial charge on any atom is -0.260 e. The first-order valence-corrected chi connectivity index (χ1v) is 9.47. The molecule has 0 unspecified atom stereocenters. The van der Waals surface area contributed by atoms with Crippen LogP contribution in [0, 0.1) is 6.92 Å². The first-order chi connectivity index (χ1) is 11.5. The standard InChI is InChI=1S/C18H15ClN2O2S/c1-13-17(10-15(11-21-13)18-7-2-3-8-20-18)14-5-4-6-16(9-14)24(22,23)12-19/h2-11H,12H2,1H3. The number of halogens is 1. The lowest BCUT2D eigenvalue weighted by Crippen LogP contribution is -2.02. The van der Waals surface area contributed by atoms with Crippen molar-refractivity contribution in [1.29, 1.82) is 0 Å². The van der Waals surface area contributed by atoms with Gasteiger partial charge in [0, 0.05) is 29.2 Å². The van der Waals surface area contributed by atoms with E-state index in [4.69, 9.17) is 11.6 Å². The molecule has 4 nitrogen and oxygen atoms in total. The van der Waals surface area contributed by atoms with Gasteiger partial charge >= 0.3 is 0 Å². The van der Waals surface area contributed by atoms with Gasteiger partial charge in [0.15, 0.2) is 9.84 Å². The molecule has 0 atom stereocenters. The molecule has 0 amide bonds. The van der Waals surface area contributed by atoms with Crippen molar-refractivity contribution < 1.29 is 8.42 Å². The fourth-order valence-electron chi connectivity index (χ4n) is 2.42. The van der Waals surface area contributed by atoms with Crippen molar-refractivity contribution in [2.45, 2.75) is 11.8 Å². The van der Waals surface area contributed by atoms with Crippen LogP contribution in [0.1, 0.15) is 5.69 Å². The van der Waals surface area contributed by atoms with Crippen LogP contribution in [-0.2, 0) is 9.84 Å². The molecule has 122 valence electrons. The minimum atomic E-state index is -3.47. The summed E-state index contributed by atoms with van der Waals surface area (Å²) in [6.07, 6.45) is 3.49. The summed E-state index contributed by atoms with van der Waals surface area (Å²) in [5.41, 5.74) is 4.15. The van der Waals surface area contributed by atoms with Gasteiger partial charge in [0.2, 0.25) is 0 Å². The monoisotopic (exact) mass is 358 g/mol. The van der Waals surface area contributed by atoms with Crippen LogP contribution in [0.5, 0.6) is 0 Å². The predicted octanol–water partition coefficient (Wildman–Crippen LogP) is 4.09. The number of aromatic nitrogens is 2. The summed E-state index contributed by atoms with van der Waals surface area (Å²) in [5.74, 6) is 0. The van der Waals surface area contributed by atoms with Crippen molar-refractivity contribution in [3.05, 3.63) is 66.6 Å². The molecule has 6 heteroatoms. The number of sulfone groups is 1. The molecule has 1 aromatic carbocycles. The molecule has 0 fully saturated rings. The van der Waals surface area contributed by atoms with Gasteiger partial charge in [-0.25, -0.2) is 8.42 Å². The summed E-state index contributed by atoms with van der Waals surface area (Å²) >= 11 is 5.55. The van der Waals surface area contributed by atoms with E-state index in [-0.39, 0.29) is 4.90 Å². The molecular formula is C18H15ClN2O2S. The molecule has 0 N–H and O–H groups in total. The number of aryl methyl sites for hydroxylation is 1. The topological polar surface area (TPSA) is 59.9 Å². The van der Waals surface area contributed by atoms with Gasteiger partial charge in [0.25, 0.3) is 0 Å². The Balaban J connectivity index is 2.12. The van der Waals surface area contributed by atoms with E-state index in [0.29, 0.717) is 0 Å². The van der Waals surface area contributed by atoms with Crippen molar-refractivity contribution in [3.63, 3.8) is 0 Å². The number of benzene rings is 1. The maximum atomic E-state index is 12.0. The van der Waals surface area contributed by atoms with Crippen molar-refractivity contribution in [1.82, 2.24) is 9.97 Å².